The van der Waals surface area contributed by atoms with Crippen LogP contribution in [0.4, 0.5) is 11.6 Å². The second-order valence-corrected chi connectivity index (χ2v) is 2.73. The Bertz CT molecular complexity index is 272. The molecule has 0 aliphatic rings. The first kappa shape index (κ1) is 9.73. The summed E-state index contributed by atoms with van der Waals surface area (Å²) in [5.74, 6) is 0.903. The fourth-order valence-electron chi connectivity index (χ4n) is 1.23. The summed E-state index contributed by atoms with van der Waals surface area (Å²) >= 11 is 0. The Morgan fingerprint density at radius 1 is 1.54 bits per heavy atom. The molecule has 0 fully saturated rings. The molecular formula is C8H15N3O2. The molecule has 0 spiro atoms. The lowest BCUT2D eigenvalue weighted by Gasteiger charge is -2.21. The van der Waals surface area contributed by atoms with E-state index in [1.165, 1.54) is 0 Å². The number of hydrogen-bond donors (Lipinski definition) is 3. The fourth-order valence-corrected chi connectivity index (χ4v) is 1.23. The molecule has 0 radical (unpaired) electrons. The van der Waals surface area contributed by atoms with Crippen LogP contribution >= 0.6 is 0 Å². The van der Waals surface area contributed by atoms with Gasteiger partial charge >= 0.3 is 0 Å². The van der Waals surface area contributed by atoms with Gasteiger partial charge in [-0.1, -0.05) is 0 Å². The second kappa shape index (κ2) is 4.04. The Balaban J connectivity index is 2.84. The number of hydrogen-bond acceptors (Lipinski definition) is 4. The molecule has 0 bridgehead atoms. The van der Waals surface area contributed by atoms with E-state index in [-0.39, 0.29) is 6.61 Å². The Hall–Kier alpha value is -1.36. The quantitative estimate of drug-likeness (QED) is 0.583. The van der Waals surface area contributed by atoms with Gasteiger partial charge in [0.2, 0.25) is 0 Å². The van der Waals surface area contributed by atoms with Crippen molar-refractivity contribution < 1.29 is 10.3 Å². The average molecular weight is 185 g/mol. The van der Waals surface area contributed by atoms with E-state index in [1.807, 2.05) is 11.8 Å². The van der Waals surface area contributed by atoms with Gasteiger partial charge in [0, 0.05) is 13.1 Å². The number of nitrogen functional groups attached to an aromatic ring is 1. The molecule has 0 aliphatic heterocycles. The molecule has 1 rings (SSSR count). The van der Waals surface area contributed by atoms with Crippen LogP contribution in [0, 0.1) is 0 Å². The monoisotopic (exact) mass is 185 g/mol. The van der Waals surface area contributed by atoms with Crippen molar-refractivity contribution in [3.05, 3.63) is 12.1 Å². The summed E-state index contributed by atoms with van der Waals surface area (Å²) in [6, 6.07) is 3.34. The summed E-state index contributed by atoms with van der Waals surface area (Å²) in [6.07, 6.45) is 0. The summed E-state index contributed by atoms with van der Waals surface area (Å²) in [5.41, 5.74) is 5.45. The smallest absolute Gasteiger partial charge is 0.147 e. The lowest BCUT2D eigenvalue weighted by atomic mass is 10.4. The molecule has 74 valence electrons. The van der Waals surface area contributed by atoms with Gasteiger partial charge in [0.1, 0.15) is 11.6 Å². The van der Waals surface area contributed by atoms with Gasteiger partial charge in [-0.25, -0.2) is 0 Å². The van der Waals surface area contributed by atoms with E-state index in [0.717, 1.165) is 4.73 Å². The van der Waals surface area contributed by atoms with Crippen molar-refractivity contribution >= 4 is 11.6 Å². The van der Waals surface area contributed by atoms with Gasteiger partial charge in [-0.15, -0.1) is 0 Å². The maximum Gasteiger partial charge on any atom is 0.147 e. The first-order chi connectivity index (χ1) is 6.20. The number of aromatic nitrogens is 1. The van der Waals surface area contributed by atoms with Crippen LogP contribution in [0.1, 0.15) is 6.92 Å². The maximum atomic E-state index is 9.43. The van der Waals surface area contributed by atoms with Crippen LogP contribution in [0.5, 0.6) is 0 Å². The molecule has 5 nitrogen and oxygen atoms in total. The molecule has 0 amide bonds. The van der Waals surface area contributed by atoms with E-state index in [4.69, 9.17) is 10.8 Å². The molecule has 0 saturated carbocycles. The van der Waals surface area contributed by atoms with E-state index in [2.05, 4.69) is 0 Å². The number of anilines is 2. The first-order valence-corrected chi connectivity index (χ1v) is 4.23. The molecule has 13 heavy (non-hydrogen) atoms. The topological polar surface area (TPSA) is 74.6 Å². The maximum absolute atomic E-state index is 9.43. The van der Waals surface area contributed by atoms with Crippen molar-refractivity contribution in [3.8, 4) is 0 Å². The summed E-state index contributed by atoms with van der Waals surface area (Å²) in [4.78, 5) is 1.83. The van der Waals surface area contributed by atoms with Crippen molar-refractivity contribution in [2.24, 2.45) is 0 Å². The van der Waals surface area contributed by atoms with Gasteiger partial charge in [0.25, 0.3) is 0 Å². The Kier molecular flexibility index (Phi) is 3.02. The van der Waals surface area contributed by atoms with Gasteiger partial charge in [-0.05, 0) is 19.1 Å². The zero-order valence-corrected chi connectivity index (χ0v) is 7.64. The highest BCUT2D eigenvalue weighted by atomic mass is 16.5. The summed E-state index contributed by atoms with van der Waals surface area (Å²) < 4.78 is 0.916. The number of nitrogens with two attached hydrogens (primary N) is 1. The molecule has 1 aromatic heterocycles. The molecular weight excluding hydrogens is 170 g/mol. The molecule has 0 unspecified atom stereocenters. The first-order valence-electron chi connectivity index (χ1n) is 4.23. The van der Waals surface area contributed by atoms with Gasteiger partial charge < -0.3 is 20.9 Å². The van der Waals surface area contributed by atoms with Crippen molar-refractivity contribution in [3.63, 3.8) is 0 Å². The zero-order chi connectivity index (χ0) is 9.84. The number of nitrogens with zero attached hydrogens (tertiary/aromatic N) is 2. The highest BCUT2D eigenvalue weighted by Crippen LogP contribution is 2.17. The van der Waals surface area contributed by atoms with E-state index in [0.29, 0.717) is 24.7 Å². The number of aliphatic hydroxyl groups excluding tert-OH is 1. The number of likely N-dealkylation sites (N-methyl/N-ethyl adjacent to an activating group) is 1. The largest absolute Gasteiger partial charge is 0.425 e. The third-order valence-corrected chi connectivity index (χ3v) is 1.94. The molecule has 4 N–H and O–H groups in total. The fraction of sp³-hybridized carbons (Fsp3) is 0.500. The van der Waals surface area contributed by atoms with Crippen LogP contribution in [0.2, 0.25) is 0 Å². The van der Waals surface area contributed by atoms with E-state index in [1.54, 1.807) is 12.1 Å². The molecule has 1 heterocycles. The predicted molar refractivity (Wildman–Crippen MR) is 51.0 cm³/mol. The van der Waals surface area contributed by atoms with Crippen LogP contribution in [0.25, 0.3) is 0 Å². The van der Waals surface area contributed by atoms with Crippen LogP contribution < -0.4 is 10.6 Å². The molecule has 0 atom stereocenters. The van der Waals surface area contributed by atoms with Crippen LogP contribution in [0.15, 0.2) is 12.1 Å². The third-order valence-electron chi connectivity index (χ3n) is 1.94. The van der Waals surface area contributed by atoms with Crippen LogP contribution in [-0.2, 0) is 0 Å². The van der Waals surface area contributed by atoms with Gasteiger partial charge in [-0.2, -0.15) is 4.73 Å². The second-order valence-electron chi connectivity index (χ2n) is 2.73. The average Bonchev–Trinajstić information content (AvgIpc) is 2.45. The summed E-state index contributed by atoms with van der Waals surface area (Å²) in [6.45, 7) is 3.20. The minimum absolute atomic E-state index is 0.0545. The minimum Gasteiger partial charge on any atom is -0.425 e. The highest BCUT2D eigenvalue weighted by molar-refractivity contribution is 5.49. The van der Waals surface area contributed by atoms with Crippen molar-refractivity contribution in [2.45, 2.75) is 6.92 Å². The third kappa shape index (κ3) is 1.86. The highest BCUT2D eigenvalue weighted by Gasteiger charge is 2.10. The van der Waals surface area contributed by atoms with Crippen molar-refractivity contribution in [2.75, 3.05) is 30.3 Å². The van der Waals surface area contributed by atoms with E-state index in [9.17, 15) is 5.21 Å². The summed E-state index contributed by atoms with van der Waals surface area (Å²) in [5, 5.41) is 18.2. The number of aliphatic hydroxyl groups is 1. The van der Waals surface area contributed by atoms with Gasteiger partial charge in [0.15, 0.2) is 0 Å². The Labute approximate surface area is 77.0 Å². The van der Waals surface area contributed by atoms with Gasteiger partial charge in [0.05, 0.1) is 6.61 Å². The SMILES string of the molecule is CCN(CCO)c1ccc(N)n1O. The van der Waals surface area contributed by atoms with E-state index >= 15 is 0 Å². The molecule has 0 aliphatic carbocycles. The Morgan fingerprint density at radius 3 is 2.62 bits per heavy atom. The lowest BCUT2D eigenvalue weighted by molar-refractivity contribution is 0.195. The van der Waals surface area contributed by atoms with Crippen molar-refractivity contribution in [1.82, 2.24) is 4.73 Å². The molecule has 0 aromatic carbocycles. The predicted octanol–water partition coefficient (Wildman–Crippen LogP) is 0.126. The lowest BCUT2D eigenvalue weighted by Crippen LogP contribution is -2.28. The van der Waals surface area contributed by atoms with Gasteiger partial charge in [-0.3, -0.25) is 0 Å². The summed E-state index contributed by atoms with van der Waals surface area (Å²) in [7, 11) is 0. The minimum atomic E-state index is 0.0545. The van der Waals surface area contributed by atoms with Crippen LogP contribution in [0.3, 0.4) is 0 Å². The van der Waals surface area contributed by atoms with Crippen molar-refractivity contribution in [1.29, 1.82) is 0 Å². The normalized spacial score (nSPS) is 10.3. The zero-order valence-electron chi connectivity index (χ0n) is 7.64. The molecule has 1 aromatic rings. The standard InChI is InChI=1S/C8H15N3O2/c1-2-10(5-6-12)8-4-3-7(9)11(8)13/h3-4,12-13H,2,5-6,9H2,1H3. The van der Waals surface area contributed by atoms with E-state index < -0.39 is 0 Å². The van der Waals surface area contributed by atoms with Crippen LogP contribution in [-0.4, -0.2) is 34.7 Å². The number of rotatable bonds is 4. The molecule has 0 saturated heterocycles. The molecule has 5 heteroatoms. The Morgan fingerprint density at radius 2 is 2.23 bits per heavy atom.